The lowest BCUT2D eigenvalue weighted by Crippen LogP contribution is -1.97. The SMILES string of the molecule is O=[N+]([O-])c1cc(S(=O)(=O)Cl)cc(Br)c1I. The topological polar surface area (TPSA) is 77.3 Å². The highest BCUT2D eigenvalue weighted by Crippen LogP contribution is 2.32. The number of rotatable bonds is 2. The summed E-state index contributed by atoms with van der Waals surface area (Å²) in [7, 11) is 1.12. The van der Waals surface area contributed by atoms with Crippen molar-refractivity contribution in [1.29, 1.82) is 0 Å². The number of benzene rings is 1. The van der Waals surface area contributed by atoms with E-state index in [1.807, 2.05) is 0 Å². The van der Waals surface area contributed by atoms with Crippen LogP contribution in [0.2, 0.25) is 0 Å². The van der Waals surface area contributed by atoms with Crippen molar-refractivity contribution < 1.29 is 13.3 Å². The summed E-state index contributed by atoms with van der Waals surface area (Å²) in [5, 5.41) is 10.6. The summed E-state index contributed by atoms with van der Waals surface area (Å²) in [6.07, 6.45) is 0. The molecule has 0 aliphatic heterocycles. The summed E-state index contributed by atoms with van der Waals surface area (Å²) in [5.74, 6) is 0. The van der Waals surface area contributed by atoms with Crippen molar-refractivity contribution in [3.8, 4) is 0 Å². The molecule has 0 spiro atoms. The molecule has 0 heterocycles. The van der Waals surface area contributed by atoms with Crippen LogP contribution in [-0.2, 0) is 9.05 Å². The van der Waals surface area contributed by atoms with Crippen molar-refractivity contribution in [2.75, 3.05) is 0 Å². The van der Waals surface area contributed by atoms with E-state index < -0.39 is 14.0 Å². The van der Waals surface area contributed by atoms with Crippen LogP contribution in [0.3, 0.4) is 0 Å². The Bertz CT molecular complexity index is 532. The van der Waals surface area contributed by atoms with Gasteiger partial charge in [-0.1, -0.05) is 0 Å². The number of nitro benzene ring substituents is 1. The van der Waals surface area contributed by atoms with E-state index in [1.54, 1.807) is 22.6 Å². The third-order valence-electron chi connectivity index (χ3n) is 1.46. The van der Waals surface area contributed by atoms with Crippen molar-refractivity contribution in [2.24, 2.45) is 0 Å². The van der Waals surface area contributed by atoms with Gasteiger partial charge in [-0.15, -0.1) is 0 Å². The zero-order valence-corrected chi connectivity index (χ0v) is 12.1. The Morgan fingerprint density at radius 1 is 1.47 bits per heavy atom. The predicted octanol–water partition coefficient (Wildman–Crippen LogP) is 2.89. The predicted molar refractivity (Wildman–Crippen MR) is 66.6 cm³/mol. The molecule has 0 saturated carbocycles. The van der Waals surface area contributed by atoms with Gasteiger partial charge in [0.2, 0.25) is 0 Å². The Labute approximate surface area is 112 Å². The molecule has 0 saturated heterocycles. The summed E-state index contributed by atoms with van der Waals surface area (Å²) in [4.78, 5) is 9.62. The smallest absolute Gasteiger partial charge is 0.258 e. The molecule has 15 heavy (non-hydrogen) atoms. The van der Waals surface area contributed by atoms with Crippen LogP contribution in [0.15, 0.2) is 21.5 Å². The minimum absolute atomic E-state index is 0.302. The molecule has 0 unspecified atom stereocenters. The van der Waals surface area contributed by atoms with Gasteiger partial charge in [-0.2, -0.15) is 0 Å². The van der Waals surface area contributed by atoms with Crippen LogP contribution in [0.25, 0.3) is 0 Å². The molecular weight excluding hydrogens is 424 g/mol. The molecule has 0 aliphatic carbocycles. The highest BCUT2D eigenvalue weighted by molar-refractivity contribution is 14.1. The van der Waals surface area contributed by atoms with Crippen molar-refractivity contribution >= 4 is 63.9 Å². The summed E-state index contributed by atoms with van der Waals surface area (Å²) in [6.45, 7) is 0. The molecule has 0 N–H and O–H groups in total. The Balaban J connectivity index is 3.57. The van der Waals surface area contributed by atoms with Crippen molar-refractivity contribution in [3.63, 3.8) is 0 Å². The molecule has 1 rings (SSSR count). The fraction of sp³-hybridized carbons (Fsp3) is 0. The normalized spacial score (nSPS) is 11.4. The summed E-state index contributed by atoms with van der Waals surface area (Å²) >= 11 is 4.76. The van der Waals surface area contributed by atoms with Crippen LogP contribution in [-0.4, -0.2) is 13.3 Å². The Morgan fingerprint density at radius 2 is 2.00 bits per heavy atom. The van der Waals surface area contributed by atoms with Crippen LogP contribution in [0.1, 0.15) is 0 Å². The second kappa shape index (κ2) is 4.52. The number of hydrogen-bond acceptors (Lipinski definition) is 4. The molecule has 1 aromatic rings. The van der Waals surface area contributed by atoms with Crippen molar-refractivity contribution in [3.05, 3.63) is 30.3 Å². The average Bonchev–Trinajstić information content (AvgIpc) is 2.06. The van der Waals surface area contributed by atoms with Gasteiger partial charge in [0, 0.05) is 21.2 Å². The van der Waals surface area contributed by atoms with E-state index in [0.29, 0.717) is 8.04 Å². The van der Waals surface area contributed by atoms with Gasteiger partial charge in [0.25, 0.3) is 14.7 Å². The lowest BCUT2D eigenvalue weighted by atomic mass is 10.3. The van der Waals surface area contributed by atoms with Gasteiger partial charge in [-0.3, -0.25) is 10.1 Å². The number of nitro groups is 1. The van der Waals surface area contributed by atoms with Crippen LogP contribution >= 0.6 is 49.2 Å². The number of hydrogen-bond donors (Lipinski definition) is 0. The Morgan fingerprint density at radius 3 is 2.40 bits per heavy atom. The van der Waals surface area contributed by atoms with Crippen molar-refractivity contribution in [1.82, 2.24) is 0 Å². The first kappa shape index (κ1) is 13.1. The number of nitrogens with zero attached hydrogens (tertiary/aromatic N) is 1. The third kappa shape index (κ3) is 3.02. The Hall–Kier alpha value is 0.0700. The van der Waals surface area contributed by atoms with E-state index in [1.165, 1.54) is 6.07 Å². The second-order valence-corrected chi connectivity index (χ2v) is 6.93. The van der Waals surface area contributed by atoms with E-state index in [2.05, 4.69) is 15.9 Å². The zero-order chi connectivity index (χ0) is 11.8. The first-order chi connectivity index (χ1) is 6.73. The summed E-state index contributed by atoms with van der Waals surface area (Å²) < 4.78 is 22.6. The molecular formula is C6H2BrClINO4S. The highest BCUT2D eigenvalue weighted by Gasteiger charge is 2.21. The van der Waals surface area contributed by atoms with Gasteiger partial charge in [-0.05, 0) is 44.6 Å². The first-order valence-corrected chi connectivity index (χ1v) is 7.49. The third-order valence-corrected chi connectivity index (χ3v) is 5.29. The van der Waals surface area contributed by atoms with Gasteiger partial charge < -0.3 is 0 Å². The van der Waals surface area contributed by atoms with Crippen molar-refractivity contribution in [2.45, 2.75) is 4.90 Å². The fourth-order valence-corrected chi connectivity index (χ4v) is 2.71. The minimum Gasteiger partial charge on any atom is -0.258 e. The van der Waals surface area contributed by atoms with E-state index in [4.69, 9.17) is 10.7 Å². The van der Waals surface area contributed by atoms with Gasteiger partial charge in [0.1, 0.15) is 3.57 Å². The average molecular weight is 426 g/mol. The van der Waals surface area contributed by atoms with E-state index in [-0.39, 0.29) is 10.6 Å². The molecule has 82 valence electrons. The fourth-order valence-electron chi connectivity index (χ4n) is 0.824. The molecule has 0 bridgehead atoms. The first-order valence-electron chi connectivity index (χ1n) is 3.31. The molecule has 0 radical (unpaired) electrons. The maximum absolute atomic E-state index is 11.0. The molecule has 0 fully saturated rings. The lowest BCUT2D eigenvalue weighted by Gasteiger charge is -2.01. The summed E-state index contributed by atoms with van der Waals surface area (Å²) in [5.41, 5.74) is -0.302. The highest BCUT2D eigenvalue weighted by atomic mass is 127. The van der Waals surface area contributed by atoms with Gasteiger partial charge in [0.15, 0.2) is 0 Å². The van der Waals surface area contributed by atoms with E-state index in [9.17, 15) is 18.5 Å². The number of halogens is 3. The Kier molecular flexibility index (Phi) is 3.95. The molecule has 0 aromatic heterocycles. The monoisotopic (exact) mass is 425 g/mol. The maximum atomic E-state index is 11.0. The second-order valence-electron chi connectivity index (χ2n) is 2.43. The van der Waals surface area contributed by atoms with Crippen LogP contribution in [0.5, 0.6) is 0 Å². The molecule has 5 nitrogen and oxygen atoms in total. The molecule has 9 heteroatoms. The molecule has 0 amide bonds. The van der Waals surface area contributed by atoms with Gasteiger partial charge in [-0.25, -0.2) is 8.42 Å². The van der Waals surface area contributed by atoms with Crippen LogP contribution in [0, 0.1) is 13.7 Å². The molecule has 0 aliphatic rings. The zero-order valence-electron chi connectivity index (χ0n) is 6.78. The molecule has 0 atom stereocenters. The van der Waals surface area contributed by atoms with Crippen LogP contribution < -0.4 is 0 Å². The largest absolute Gasteiger partial charge is 0.285 e. The van der Waals surface area contributed by atoms with E-state index >= 15 is 0 Å². The van der Waals surface area contributed by atoms with Gasteiger partial charge in [0.05, 0.1) is 9.82 Å². The maximum Gasteiger partial charge on any atom is 0.285 e. The lowest BCUT2D eigenvalue weighted by molar-refractivity contribution is -0.386. The summed E-state index contributed by atoms with van der Waals surface area (Å²) in [6, 6.07) is 2.14. The van der Waals surface area contributed by atoms with E-state index in [0.717, 1.165) is 6.07 Å². The standard InChI is InChI=1S/C6H2BrClINO4S/c7-4-1-3(15(8,13)14)2-5(6(4)9)10(11)12/h1-2H. The minimum atomic E-state index is -3.96. The quantitative estimate of drug-likeness (QED) is 0.315. The van der Waals surface area contributed by atoms with Crippen LogP contribution in [0.4, 0.5) is 5.69 Å². The van der Waals surface area contributed by atoms with Gasteiger partial charge >= 0.3 is 0 Å². The molecule has 1 aromatic carbocycles.